The Morgan fingerprint density at radius 2 is 2.17 bits per heavy atom. The van der Waals surface area contributed by atoms with Crippen LogP contribution in [0.4, 0.5) is 0 Å². The summed E-state index contributed by atoms with van der Waals surface area (Å²) in [5.41, 5.74) is 0.927. The van der Waals surface area contributed by atoms with E-state index in [2.05, 4.69) is 4.98 Å². The van der Waals surface area contributed by atoms with Crippen molar-refractivity contribution in [3.8, 4) is 17.3 Å². The molecule has 2 rings (SSSR count). The molecule has 0 radical (unpaired) electrons. The Kier molecular flexibility index (Phi) is 3.17. The Morgan fingerprint density at radius 1 is 1.44 bits per heavy atom. The third-order valence-corrected chi connectivity index (χ3v) is 3.97. The van der Waals surface area contributed by atoms with Gasteiger partial charge in [-0.15, -0.1) is 11.3 Å². The Morgan fingerprint density at radius 3 is 2.78 bits per heavy atom. The van der Waals surface area contributed by atoms with Crippen molar-refractivity contribution in [2.24, 2.45) is 0 Å². The molecule has 1 heterocycles. The molecule has 0 amide bonds. The van der Waals surface area contributed by atoms with Crippen LogP contribution in [0.25, 0.3) is 11.3 Å². The van der Waals surface area contributed by atoms with Crippen LogP contribution in [0.1, 0.15) is 9.88 Å². The summed E-state index contributed by atoms with van der Waals surface area (Å²) in [6.45, 7) is 1.77. The van der Waals surface area contributed by atoms with Gasteiger partial charge in [-0.1, -0.05) is 12.1 Å². The number of hydrogen-bond donors (Lipinski definition) is 1. The first kappa shape index (κ1) is 12.7. The van der Waals surface area contributed by atoms with Gasteiger partial charge in [-0.25, -0.2) is 4.98 Å². The van der Waals surface area contributed by atoms with Gasteiger partial charge < -0.3 is 0 Å². The predicted octanol–water partition coefficient (Wildman–Crippen LogP) is 2.24. The van der Waals surface area contributed by atoms with Crippen molar-refractivity contribution >= 4 is 21.5 Å². The van der Waals surface area contributed by atoms with E-state index in [1.165, 1.54) is 29.5 Å². The highest BCUT2D eigenvalue weighted by Crippen LogP contribution is 2.28. The smallest absolute Gasteiger partial charge is 0.282 e. The molecule has 92 valence electrons. The molecular weight excluding hydrogens is 272 g/mol. The van der Waals surface area contributed by atoms with Gasteiger partial charge >= 0.3 is 0 Å². The van der Waals surface area contributed by atoms with E-state index in [-0.39, 0.29) is 4.90 Å². The standard InChI is InChI=1S/C11H8N2O3S2/c1-7-13-11(10(6-12)17-7)8-3-2-4-9(5-8)18(14,15)16/h2-5H,1H3,(H,14,15,16). The average molecular weight is 280 g/mol. The molecule has 0 saturated carbocycles. The summed E-state index contributed by atoms with van der Waals surface area (Å²) < 4.78 is 31.1. The fourth-order valence-electron chi connectivity index (χ4n) is 1.50. The van der Waals surface area contributed by atoms with Crippen LogP contribution in [0.15, 0.2) is 29.2 Å². The summed E-state index contributed by atoms with van der Waals surface area (Å²) >= 11 is 1.24. The lowest BCUT2D eigenvalue weighted by atomic mass is 10.1. The zero-order chi connectivity index (χ0) is 13.3. The van der Waals surface area contributed by atoms with Gasteiger partial charge in [-0.3, -0.25) is 4.55 Å². The van der Waals surface area contributed by atoms with Crippen LogP contribution in [-0.4, -0.2) is 18.0 Å². The minimum absolute atomic E-state index is 0.213. The maximum Gasteiger partial charge on any atom is 0.294 e. The lowest BCUT2D eigenvalue weighted by molar-refractivity contribution is 0.483. The molecule has 0 atom stereocenters. The molecule has 1 aromatic heterocycles. The van der Waals surface area contributed by atoms with E-state index in [9.17, 15) is 8.42 Å². The zero-order valence-corrected chi connectivity index (χ0v) is 10.9. The van der Waals surface area contributed by atoms with Crippen LogP contribution in [-0.2, 0) is 10.1 Å². The van der Waals surface area contributed by atoms with Crippen molar-refractivity contribution < 1.29 is 13.0 Å². The average Bonchev–Trinajstić information content (AvgIpc) is 2.69. The first-order valence-electron chi connectivity index (χ1n) is 4.87. The number of nitrogens with zero attached hydrogens (tertiary/aromatic N) is 2. The lowest BCUT2D eigenvalue weighted by Crippen LogP contribution is -1.98. The van der Waals surface area contributed by atoms with E-state index in [4.69, 9.17) is 9.81 Å². The van der Waals surface area contributed by atoms with Gasteiger partial charge in [0.15, 0.2) is 0 Å². The molecule has 0 unspecified atom stereocenters. The van der Waals surface area contributed by atoms with Gasteiger partial charge in [0.1, 0.15) is 10.9 Å². The van der Waals surface area contributed by atoms with E-state index >= 15 is 0 Å². The van der Waals surface area contributed by atoms with Crippen LogP contribution in [0.2, 0.25) is 0 Å². The van der Waals surface area contributed by atoms with Crippen LogP contribution in [0, 0.1) is 18.3 Å². The molecule has 0 aliphatic carbocycles. The van der Waals surface area contributed by atoms with Gasteiger partial charge in [0.25, 0.3) is 10.1 Å². The van der Waals surface area contributed by atoms with Crippen molar-refractivity contribution in [2.75, 3.05) is 0 Å². The molecule has 2 aromatic rings. The summed E-state index contributed by atoms with van der Waals surface area (Å²) in [5, 5.41) is 9.70. The van der Waals surface area contributed by atoms with Crippen molar-refractivity contribution in [2.45, 2.75) is 11.8 Å². The highest BCUT2D eigenvalue weighted by molar-refractivity contribution is 7.85. The van der Waals surface area contributed by atoms with E-state index in [0.29, 0.717) is 16.1 Å². The molecule has 7 heteroatoms. The SMILES string of the molecule is Cc1nc(-c2cccc(S(=O)(=O)O)c2)c(C#N)s1. The van der Waals surface area contributed by atoms with Crippen molar-refractivity contribution in [1.82, 2.24) is 4.98 Å². The van der Waals surface area contributed by atoms with Gasteiger partial charge in [0, 0.05) is 5.56 Å². The van der Waals surface area contributed by atoms with Crippen molar-refractivity contribution in [1.29, 1.82) is 5.26 Å². The summed E-state index contributed by atoms with van der Waals surface area (Å²) in [4.78, 5) is 4.40. The molecule has 0 aliphatic heterocycles. The third kappa shape index (κ3) is 2.41. The number of aryl methyl sites for hydroxylation is 1. The Hall–Kier alpha value is -1.75. The second-order valence-corrected chi connectivity index (χ2v) is 6.15. The fraction of sp³-hybridized carbons (Fsp3) is 0.0909. The normalized spacial score (nSPS) is 11.2. The van der Waals surface area contributed by atoms with Crippen molar-refractivity contribution in [3.63, 3.8) is 0 Å². The van der Waals surface area contributed by atoms with Gasteiger partial charge in [0.2, 0.25) is 0 Å². The van der Waals surface area contributed by atoms with E-state index in [1.54, 1.807) is 13.0 Å². The Labute approximate surface area is 108 Å². The number of nitriles is 1. The topological polar surface area (TPSA) is 91.1 Å². The van der Waals surface area contributed by atoms with E-state index in [1.807, 2.05) is 6.07 Å². The minimum atomic E-state index is -4.25. The quantitative estimate of drug-likeness (QED) is 0.852. The predicted molar refractivity (Wildman–Crippen MR) is 66.8 cm³/mol. The monoisotopic (exact) mass is 280 g/mol. The second-order valence-electron chi connectivity index (χ2n) is 3.53. The molecule has 1 aromatic carbocycles. The molecule has 0 saturated heterocycles. The number of thiazole rings is 1. The maximum absolute atomic E-state index is 11.0. The third-order valence-electron chi connectivity index (χ3n) is 2.24. The molecule has 0 aliphatic rings. The molecule has 18 heavy (non-hydrogen) atoms. The first-order chi connectivity index (χ1) is 8.41. The van der Waals surface area contributed by atoms with E-state index < -0.39 is 10.1 Å². The van der Waals surface area contributed by atoms with Gasteiger partial charge in [-0.2, -0.15) is 13.7 Å². The second kappa shape index (κ2) is 4.49. The lowest BCUT2D eigenvalue weighted by Gasteiger charge is -2.00. The highest BCUT2D eigenvalue weighted by Gasteiger charge is 2.14. The molecule has 5 nitrogen and oxygen atoms in total. The first-order valence-corrected chi connectivity index (χ1v) is 7.13. The number of aromatic nitrogens is 1. The van der Waals surface area contributed by atoms with Gasteiger partial charge in [-0.05, 0) is 19.1 Å². The van der Waals surface area contributed by atoms with E-state index in [0.717, 1.165) is 5.01 Å². The summed E-state index contributed by atoms with van der Waals surface area (Å²) in [5.74, 6) is 0. The highest BCUT2D eigenvalue weighted by atomic mass is 32.2. The molecule has 1 N–H and O–H groups in total. The maximum atomic E-state index is 11.0. The Bertz CT molecular complexity index is 742. The number of hydrogen-bond acceptors (Lipinski definition) is 5. The van der Waals surface area contributed by atoms with Crippen LogP contribution in [0.5, 0.6) is 0 Å². The van der Waals surface area contributed by atoms with Crippen LogP contribution in [0.3, 0.4) is 0 Å². The summed E-state index contributed by atoms with van der Waals surface area (Å²) in [6, 6.07) is 7.73. The molecule has 0 bridgehead atoms. The molecule has 0 spiro atoms. The Balaban J connectivity index is 2.62. The number of rotatable bonds is 2. The van der Waals surface area contributed by atoms with Crippen LogP contribution >= 0.6 is 11.3 Å². The molecular formula is C11H8N2O3S2. The summed E-state index contributed by atoms with van der Waals surface area (Å²) in [6.07, 6.45) is 0. The summed E-state index contributed by atoms with van der Waals surface area (Å²) in [7, 11) is -4.25. The molecule has 0 fully saturated rings. The number of benzene rings is 1. The largest absolute Gasteiger partial charge is 0.294 e. The van der Waals surface area contributed by atoms with Gasteiger partial charge in [0.05, 0.1) is 15.6 Å². The minimum Gasteiger partial charge on any atom is -0.282 e. The fourth-order valence-corrected chi connectivity index (χ4v) is 2.77. The van der Waals surface area contributed by atoms with Crippen molar-refractivity contribution in [3.05, 3.63) is 34.2 Å². The van der Waals surface area contributed by atoms with Crippen LogP contribution < -0.4 is 0 Å². The zero-order valence-electron chi connectivity index (χ0n) is 9.28.